The van der Waals surface area contributed by atoms with E-state index in [0.29, 0.717) is 22.1 Å². The third-order valence-corrected chi connectivity index (χ3v) is 10.2. The Kier molecular flexibility index (Phi) is 5.93. The molecule has 1 aliphatic rings. The van der Waals surface area contributed by atoms with Crippen LogP contribution in [0, 0.1) is 13.8 Å². The first-order valence-electron chi connectivity index (χ1n) is 9.61. The molecule has 0 bridgehead atoms. The molecule has 3 heterocycles. The van der Waals surface area contributed by atoms with Gasteiger partial charge in [-0.05, 0) is 56.0 Å². The van der Waals surface area contributed by atoms with Gasteiger partial charge in [0, 0.05) is 13.6 Å². The van der Waals surface area contributed by atoms with E-state index in [0.717, 1.165) is 40.0 Å². The Morgan fingerprint density at radius 2 is 1.93 bits per heavy atom. The number of halogens is 1. The van der Waals surface area contributed by atoms with E-state index in [2.05, 4.69) is 24.9 Å². The van der Waals surface area contributed by atoms with Crippen molar-refractivity contribution >= 4 is 60.4 Å². The zero-order valence-electron chi connectivity index (χ0n) is 16.9. The standard InChI is InChI=1S/C20H22ClN3O3S3/c1-12-7-8-15-18(13(12)2)23(3)20(28-15)22-19(25)14-6-4-5-11-24(14)30(26,27)17-10-9-16(21)29-17/h7-10,14H,4-6,11H2,1-3H3. The SMILES string of the molecule is Cc1ccc2sc(=NC(=O)C3CCCCN3S(=O)(=O)c3ccc(Cl)s3)n(C)c2c1C. The minimum atomic E-state index is -3.79. The summed E-state index contributed by atoms with van der Waals surface area (Å²) in [6, 6.07) is 6.35. The third kappa shape index (κ3) is 3.78. The molecule has 1 atom stereocenters. The number of hydrogen-bond donors (Lipinski definition) is 0. The van der Waals surface area contributed by atoms with Crippen molar-refractivity contribution in [2.45, 2.75) is 43.4 Å². The van der Waals surface area contributed by atoms with Crippen LogP contribution in [0.1, 0.15) is 30.4 Å². The highest BCUT2D eigenvalue weighted by Crippen LogP contribution is 2.32. The van der Waals surface area contributed by atoms with Gasteiger partial charge in [-0.1, -0.05) is 35.4 Å². The largest absolute Gasteiger partial charge is 0.319 e. The van der Waals surface area contributed by atoms with Gasteiger partial charge < -0.3 is 4.57 Å². The van der Waals surface area contributed by atoms with Gasteiger partial charge in [-0.2, -0.15) is 9.30 Å². The average molecular weight is 484 g/mol. The molecule has 6 nitrogen and oxygen atoms in total. The number of nitrogens with zero attached hydrogens (tertiary/aromatic N) is 3. The van der Waals surface area contributed by atoms with Crippen LogP contribution in [0.25, 0.3) is 10.2 Å². The van der Waals surface area contributed by atoms with Crippen LogP contribution in [-0.4, -0.2) is 35.8 Å². The molecular weight excluding hydrogens is 462 g/mol. The van der Waals surface area contributed by atoms with Crippen LogP contribution >= 0.6 is 34.3 Å². The van der Waals surface area contributed by atoms with Gasteiger partial charge in [0.15, 0.2) is 4.80 Å². The molecule has 2 aromatic heterocycles. The zero-order chi connectivity index (χ0) is 21.6. The first-order valence-corrected chi connectivity index (χ1v) is 13.1. The van der Waals surface area contributed by atoms with Crippen LogP contribution in [0.2, 0.25) is 4.34 Å². The molecule has 1 aromatic carbocycles. The lowest BCUT2D eigenvalue weighted by Gasteiger charge is -2.31. The second kappa shape index (κ2) is 8.20. The van der Waals surface area contributed by atoms with Crippen molar-refractivity contribution in [3.63, 3.8) is 0 Å². The number of carbonyl (C=O) groups excluding carboxylic acids is 1. The van der Waals surface area contributed by atoms with Gasteiger partial charge in [0.25, 0.3) is 15.9 Å². The number of aryl methyl sites for hydroxylation is 3. The van der Waals surface area contributed by atoms with Crippen molar-refractivity contribution in [1.29, 1.82) is 0 Å². The summed E-state index contributed by atoms with van der Waals surface area (Å²) in [7, 11) is -1.90. The Balaban J connectivity index is 1.74. The van der Waals surface area contributed by atoms with Crippen molar-refractivity contribution in [3.05, 3.63) is 44.5 Å². The topological polar surface area (TPSA) is 71.7 Å². The highest BCUT2D eigenvalue weighted by atomic mass is 35.5. The second-order valence-electron chi connectivity index (χ2n) is 7.43. The van der Waals surface area contributed by atoms with Crippen LogP contribution in [0.5, 0.6) is 0 Å². The first-order chi connectivity index (χ1) is 14.2. The lowest BCUT2D eigenvalue weighted by molar-refractivity contribution is -0.122. The maximum Gasteiger partial charge on any atom is 0.266 e. The highest BCUT2D eigenvalue weighted by molar-refractivity contribution is 7.91. The van der Waals surface area contributed by atoms with Crippen molar-refractivity contribution in [1.82, 2.24) is 8.87 Å². The summed E-state index contributed by atoms with van der Waals surface area (Å²) in [5, 5.41) is 0. The molecule has 4 rings (SSSR count). The normalized spacial score (nSPS) is 18.9. The molecule has 30 heavy (non-hydrogen) atoms. The fourth-order valence-electron chi connectivity index (χ4n) is 3.80. The Bertz CT molecular complexity index is 1300. The van der Waals surface area contributed by atoms with E-state index in [9.17, 15) is 13.2 Å². The molecule has 3 aromatic rings. The van der Waals surface area contributed by atoms with Gasteiger partial charge in [-0.15, -0.1) is 11.3 Å². The van der Waals surface area contributed by atoms with E-state index in [1.165, 1.54) is 27.3 Å². The molecule has 1 amide bonds. The fraction of sp³-hybridized carbons (Fsp3) is 0.400. The second-order valence-corrected chi connectivity index (χ2v) is 12.3. The minimum Gasteiger partial charge on any atom is -0.319 e. The number of thiazole rings is 1. The number of benzene rings is 1. The molecule has 1 aliphatic heterocycles. The number of amides is 1. The van der Waals surface area contributed by atoms with Crippen molar-refractivity contribution in [2.24, 2.45) is 12.0 Å². The summed E-state index contributed by atoms with van der Waals surface area (Å²) in [6.07, 6.45) is 1.98. The fourth-order valence-corrected chi connectivity index (χ4v) is 8.14. The molecular formula is C20H22ClN3O3S3. The molecule has 0 radical (unpaired) electrons. The van der Waals surface area contributed by atoms with Crippen LogP contribution in [0.15, 0.2) is 33.5 Å². The summed E-state index contributed by atoms with van der Waals surface area (Å²) in [4.78, 5) is 18.1. The molecule has 1 fully saturated rings. The van der Waals surface area contributed by atoms with Gasteiger partial charge in [0.2, 0.25) is 0 Å². The Morgan fingerprint density at radius 3 is 2.63 bits per heavy atom. The first kappa shape index (κ1) is 21.7. The number of fused-ring (bicyclic) bond motifs is 1. The van der Waals surface area contributed by atoms with Gasteiger partial charge in [0.1, 0.15) is 10.3 Å². The van der Waals surface area contributed by atoms with Crippen LogP contribution < -0.4 is 4.80 Å². The molecule has 0 aliphatic carbocycles. The van der Waals surface area contributed by atoms with E-state index >= 15 is 0 Å². The predicted octanol–water partition coefficient (Wildman–Crippen LogP) is 4.24. The number of sulfonamides is 1. The van der Waals surface area contributed by atoms with E-state index < -0.39 is 22.0 Å². The van der Waals surface area contributed by atoms with Crippen LogP contribution in [0.3, 0.4) is 0 Å². The quantitative estimate of drug-likeness (QED) is 0.559. The maximum absolute atomic E-state index is 13.1. The number of thiophene rings is 1. The number of aromatic nitrogens is 1. The summed E-state index contributed by atoms with van der Waals surface area (Å²) in [6.45, 7) is 4.41. The smallest absolute Gasteiger partial charge is 0.266 e. The Labute approximate surface area is 188 Å². The lowest BCUT2D eigenvalue weighted by atomic mass is 10.0. The average Bonchev–Trinajstić information content (AvgIpc) is 3.29. The highest BCUT2D eigenvalue weighted by Gasteiger charge is 2.38. The Hall–Kier alpha value is -1.52. The summed E-state index contributed by atoms with van der Waals surface area (Å²) in [5.41, 5.74) is 3.37. The minimum absolute atomic E-state index is 0.158. The summed E-state index contributed by atoms with van der Waals surface area (Å²) in [5.74, 6) is -0.419. The maximum atomic E-state index is 13.1. The van der Waals surface area contributed by atoms with Gasteiger partial charge in [-0.3, -0.25) is 4.79 Å². The molecule has 0 spiro atoms. The molecule has 1 unspecified atom stereocenters. The van der Waals surface area contributed by atoms with E-state index in [1.807, 2.05) is 17.7 Å². The summed E-state index contributed by atoms with van der Waals surface area (Å²) >= 11 is 8.39. The molecule has 1 saturated heterocycles. The van der Waals surface area contributed by atoms with E-state index in [-0.39, 0.29) is 4.21 Å². The number of carbonyl (C=O) groups is 1. The van der Waals surface area contributed by atoms with Crippen molar-refractivity contribution in [2.75, 3.05) is 6.54 Å². The number of rotatable bonds is 3. The van der Waals surface area contributed by atoms with E-state index in [4.69, 9.17) is 11.6 Å². The number of piperidine rings is 1. The van der Waals surface area contributed by atoms with Gasteiger partial charge >= 0.3 is 0 Å². The number of hydrogen-bond acceptors (Lipinski definition) is 5. The molecule has 0 saturated carbocycles. The summed E-state index contributed by atoms with van der Waals surface area (Å²) < 4.78 is 31.1. The molecule has 160 valence electrons. The monoisotopic (exact) mass is 483 g/mol. The van der Waals surface area contributed by atoms with Crippen LogP contribution in [-0.2, 0) is 21.9 Å². The van der Waals surface area contributed by atoms with Crippen LogP contribution in [0.4, 0.5) is 0 Å². The Morgan fingerprint density at radius 1 is 1.17 bits per heavy atom. The molecule has 0 N–H and O–H groups in total. The van der Waals surface area contributed by atoms with Gasteiger partial charge in [-0.25, -0.2) is 8.42 Å². The van der Waals surface area contributed by atoms with Gasteiger partial charge in [0.05, 0.1) is 14.6 Å². The molecule has 10 heteroatoms. The van der Waals surface area contributed by atoms with Crippen molar-refractivity contribution in [3.8, 4) is 0 Å². The zero-order valence-corrected chi connectivity index (χ0v) is 20.1. The predicted molar refractivity (Wildman–Crippen MR) is 122 cm³/mol. The van der Waals surface area contributed by atoms with E-state index in [1.54, 1.807) is 6.07 Å². The van der Waals surface area contributed by atoms with Crippen molar-refractivity contribution < 1.29 is 13.2 Å². The lowest BCUT2D eigenvalue weighted by Crippen LogP contribution is -2.47. The third-order valence-electron chi connectivity index (χ3n) is 5.54.